The number of halogens is 1. The topological polar surface area (TPSA) is 24.8 Å². The van der Waals surface area contributed by atoms with Crippen LogP contribution in [0, 0.1) is 11.8 Å². The Bertz CT molecular complexity index is 375. The van der Waals surface area contributed by atoms with Gasteiger partial charge in [0.25, 0.3) is 0 Å². The van der Waals surface area contributed by atoms with Gasteiger partial charge in [-0.3, -0.25) is 0 Å². The van der Waals surface area contributed by atoms with Gasteiger partial charge in [0.15, 0.2) is 5.83 Å². The lowest BCUT2D eigenvalue weighted by atomic mass is 9.61. The minimum absolute atomic E-state index is 0.149. The van der Waals surface area contributed by atoms with E-state index in [1.807, 2.05) is 25.9 Å². The Morgan fingerprint density at radius 2 is 2.12 bits per heavy atom. The van der Waals surface area contributed by atoms with Gasteiger partial charge in [0.05, 0.1) is 5.70 Å². The van der Waals surface area contributed by atoms with Gasteiger partial charge >= 0.3 is 0 Å². The minimum atomic E-state index is -0.726. The average Bonchev–Trinajstić information content (AvgIpc) is 2.40. The molecule has 16 heavy (non-hydrogen) atoms. The van der Waals surface area contributed by atoms with Crippen LogP contribution in [-0.4, -0.2) is 37.5 Å². The molecule has 0 aromatic heterocycles. The number of hydrogen-bond acceptors (Lipinski definition) is 3. The summed E-state index contributed by atoms with van der Waals surface area (Å²) in [6.07, 6.45) is 0.699. The molecule has 3 rings (SSSR count). The van der Waals surface area contributed by atoms with Gasteiger partial charge in [-0.25, -0.2) is 9.38 Å². The molecule has 2 heterocycles. The van der Waals surface area contributed by atoms with Crippen molar-refractivity contribution < 1.29 is 9.13 Å². The monoisotopic (exact) mass is 226 g/mol. The first-order valence-electron chi connectivity index (χ1n) is 5.62. The number of rotatable bonds is 1. The summed E-state index contributed by atoms with van der Waals surface area (Å²) in [6.45, 7) is 3.75. The highest BCUT2D eigenvalue weighted by molar-refractivity contribution is 5.87. The first-order chi connectivity index (χ1) is 7.44. The van der Waals surface area contributed by atoms with Crippen LogP contribution in [0.25, 0.3) is 0 Å². The van der Waals surface area contributed by atoms with E-state index in [1.54, 1.807) is 14.0 Å². The molecule has 90 valence electrons. The van der Waals surface area contributed by atoms with E-state index in [1.165, 1.54) is 0 Å². The van der Waals surface area contributed by atoms with Crippen molar-refractivity contribution in [3.05, 3.63) is 11.5 Å². The first-order valence-corrected chi connectivity index (χ1v) is 5.62. The third-order valence-electron chi connectivity index (χ3n) is 3.99. The fourth-order valence-electron chi connectivity index (χ4n) is 2.86. The van der Waals surface area contributed by atoms with E-state index in [2.05, 4.69) is 4.99 Å². The fourth-order valence-corrected chi connectivity index (χ4v) is 2.86. The Morgan fingerprint density at radius 3 is 2.56 bits per heavy atom. The molecule has 3 nitrogen and oxygen atoms in total. The molecule has 4 heteroatoms. The van der Waals surface area contributed by atoms with Crippen LogP contribution in [0.15, 0.2) is 16.5 Å². The average molecular weight is 226 g/mol. The Morgan fingerprint density at radius 1 is 1.50 bits per heavy atom. The molecule has 0 aromatic carbocycles. The molecule has 2 aliphatic heterocycles. The quantitative estimate of drug-likeness (QED) is 0.684. The lowest BCUT2D eigenvalue weighted by molar-refractivity contribution is -0.122. The van der Waals surface area contributed by atoms with Crippen molar-refractivity contribution in [3.8, 4) is 0 Å². The highest BCUT2D eigenvalue weighted by atomic mass is 19.1. The number of hydrogen-bond donors (Lipinski definition) is 0. The molecule has 3 atom stereocenters. The molecule has 0 radical (unpaired) electrons. The second-order valence-corrected chi connectivity index (χ2v) is 4.96. The van der Waals surface area contributed by atoms with Crippen molar-refractivity contribution in [2.45, 2.75) is 25.9 Å². The normalized spacial score (nSPS) is 37.8. The molecule has 3 unspecified atom stereocenters. The van der Waals surface area contributed by atoms with Crippen molar-refractivity contribution >= 4 is 5.84 Å². The molecule has 1 saturated carbocycles. The van der Waals surface area contributed by atoms with Crippen LogP contribution in [0.4, 0.5) is 4.39 Å². The van der Waals surface area contributed by atoms with Crippen molar-refractivity contribution in [1.82, 2.24) is 4.90 Å². The summed E-state index contributed by atoms with van der Waals surface area (Å²) in [6, 6.07) is 0. The highest BCUT2D eigenvalue weighted by Crippen LogP contribution is 2.54. The maximum atomic E-state index is 14.2. The minimum Gasteiger partial charge on any atom is -0.371 e. The van der Waals surface area contributed by atoms with E-state index >= 15 is 0 Å². The van der Waals surface area contributed by atoms with Crippen LogP contribution in [0.3, 0.4) is 0 Å². The lowest BCUT2D eigenvalue weighted by Crippen LogP contribution is -2.58. The zero-order valence-electron chi connectivity index (χ0n) is 10.5. The number of amidine groups is 1. The van der Waals surface area contributed by atoms with E-state index in [9.17, 15) is 4.39 Å². The SMILES string of the molecule is COC12CC(C(N(C)C)=NC(C)=C1F)C2C. The lowest BCUT2D eigenvalue weighted by Gasteiger charge is -2.51. The first kappa shape index (κ1) is 11.6. The van der Waals surface area contributed by atoms with E-state index in [-0.39, 0.29) is 11.7 Å². The van der Waals surface area contributed by atoms with Crippen LogP contribution in [0.5, 0.6) is 0 Å². The van der Waals surface area contributed by atoms with Crippen LogP contribution < -0.4 is 0 Å². The Kier molecular flexibility index (Phi) is 2.57. The number of aliphatic imine (C=N–C) groups is 1. The van der Waals surface area contributed by atoms with E-state index in [0.717, 1.165) is 5.84 Å². The maximum absolute atomic E-state index is 14.2. The molecule has 0 saturated heterocycles. The smallest absolute Gasteiger partial charge is 0.153 e. The second kappa shape index (κ2) is 3.55. The summed E-state index contributed by atoms with van der Waals surface area (Å²) in [7, 11) is 5.49. The van der Waals surface area contributed by atoms with Crippen molar-refractivity contribution in [3.63, 3.8) is 0 Å². The summed E-state index contributed by atoms with van der Waals surface area (Å²) < 4.78 is 19.7. The Hall–Kier alpha value is -0.900. The summed E-state index contributed by atoms with van der Waals surface area (Å²) in [5.41, 5.74) is -0.270. The second-order valence-electron chi connectivity index (χ2n) is 4.96. The van der Waals surface area contributed by atoms with Gasteiger partial charge in [0.1, 0.15) is 11.4 Å². The van der Waals surface area contributed by atoms with Crippen LogP contribution >= 0.6 is 0 Å². The van der Waals surface area contributed by atoms with Crippen molar-refractivity contribution in [1.29, 1.82) is 0 Å². The maximum Gasteiger partial charge on any atom is 0.153 e. The summed E-state index contributed by atoms with van der Waals surface area (Å²) in [5, 5.41) is 0. The highest BCUT2D eigenvalue weighted by Gasteiger charge is 2.59. The van der Waals surface area contributed by atoms with Crippen molar-refractivity contribution in [2.24, 2.45) is 16.8 Å². The number of nitrogens with zero attached hydrogens (tertiary/aromatic N) is 2. The standard InChI is InChI=1S/C12H19FN2O/c1-7-9-6-12(7,16-5)10(13)8(2)14-11(9)15(3)4/h7,9H,6H2,1-5H3. The van der Waals surface area contributed by atoms with Gasteiger partial charge in [-0.05, 0) is 13.3 Å². The summed E-state index contributed by atoms with van der Waals surface area (Å²) >= 11 is 0. The predicted octanol–water partition coefficient (Wildman–Crippen LogP) is 2.20. The van der Waals surface area contributed by atoms with Crippen molar-refractivity contribution in [2.75, 3.05) is 21.2 Å². The molecule has 0 amide bonds. The molecule has 0 aromatic rings. The van der Waals surface area contributed by atoms with Gasteiger partial charge in [0, 0.05) is 33.0 Å². The fraction of sp³-hybridized carbons (Fsp3) is 0.750. The zero-order chi connectivity index (χ0) is 12.1. The summed E-state index contributed by atoms with van der Waals surface area (Å²) in [5.74, 6) is 1.22. The van der Waals surface area contributed by atoms with Gasteiger partial charge in [-0.1, -0.05) is 6.92 Å². The molecular weight excluding hydrogens is 207 g/mol. The molecule has 3 aliphatic rings. The third kappa shape index (κ3) is 1.25. The van der Waals surface area contributed by atoms with E-state index < -0.39 is 5.60 Å². The number of methoxy groups -OCH3 is 1. The van der Waals surface area contributed by atoms with Gasteiger partial charge in [-0.2, -0.15) is 0 Å². The molecule has 1 fully saturated rings. The van der Waals surface area contributed by atoms with E-state index in [4.69, 9.17) is 4.74 Å². The molecule has 0 spiro atoms. The number of fused-ring (bicyclic) bond motifs is 1. The molecule has 1 aliphatic carbocycles. The number of allylic oxidation sites excluding steroid dienone is 1. The molecule has 0 N–H and O–H groups in total. The molecule has 2 bridgehead atoms. The number of ether oxygens (including phenoxy) is 1. The summed E-state index contributed by atoms with van der Waals surface area (Å²) in [4.78, 5) is 6.36. The van der Waals surface area contributed by atoms with Crippen LogP contribution in [0.1, 0.15) is 20.3 Å². The predicted molar refractivity (Wildman–Crippen MR) is 61.9 cm³/mol. The van der Waals surface area contributed by atoms with Crippen LogP contribution in [0.2, 0.25) is 0 Å². The Balaban J connectivity index is 2.47. The third-order valence-corrected chi connectivity index (χ3v) is 3.99. The molecular formula is C12H19FN2O. The zero-order valence-corrected chi connectivity index (χ0v) is 10.5. The van der Waals surface area contributed by atoms with E-state index in [0.29, 0.717) is 18.0 Å². The van der Waals surface area contributed by atoms with Gasteiger partial charge < -0.3 is 9.64 Å². The Labute approximate surface area is 96.0 Å². The van der Waals surface area contributed by atoms with Gasteiger partial charge in [-0.15, -0.1) is 0 Å². The largest absolute Gasteiger partial charge is 0.371 e. The van der Waals surface area contributed by atoms with Gasteiger partial charge in [0.2, 0.25) is 0 Å². The van der Waals surface area contributed by atoms with Crippen LogP contribution in [-0.2, 0) is 4.74 Å².